The van der Waals surface area contributed by atoms with Crippen molar-refractivity contribution in [3.05, 3.63) is 119 Å². The Morgan fingerprint density at radius 2 is 1.49 bits per heavy atom. The first kappa shape index (κ1) is 35.3. The molecule has 0 amide bonds. The van der Waals surface area contributed by atoms with Crippen molar-refractivity contribution in [2.75, 3.05) is 6.61 Å². The molecule has 0 aliphatic carbocycles. The fraction of sp³-hybridized carbons (Fsp3) is 0.344. The first-order chi connectivity index (χ1) is 19.2. The predicted molar refractivity (Wildman–Crippen MR) is 149 cm³/mol. The fourth-order valence-corrected chi connectivity index (χ4v) is 3.56. The Morgan fingerprint density at radius 3 is 2.05 bits per heavy atom. The van der Waals surface area contributed by atoms with Crippen LogP contribution in [0.1, 0.15) is 62.9 Å². The minimum atomic E-state index is -1.61. The molecule has 1 aromatic rings. The van der Waals surface area contributed by atoms with Gasteiger partial charge < -0.3 is 9.47 Å². The molecular weight excluding hydrogens is 546 g/mol. The van der Waals surface area contributed by atoms with Crippen LogP contribution in [0.25, 0.3) is 0 Å². The van der Waals surface area contributed by atoms with Gasteiger partial charge in [0, 0.05) is 11.1 Å². The number of benzene rings is 1. The van der Waals surface area contributed by atoms with E-state index in [2.05, 4.69) is 26.3 Å². The van der Waals surface area contributed by atoms with Gasteiger partial charge in [0.2, 0.25) is 5.83 Å². The topological polar surface area (TPSA) is 35.5 Å². The number of carbonyl (C=O) groups excluding carboxylic acids is 1. The first-order valence-corrected chi connectivity index (χ1v) is 13.0. The van der Waals surface area contributed by atoms with Gasteiger partial charge in [-0.25, -0.2) is 26.7 Å². The van der Waals surface area contributed by atoms with Crippen LogP contribution < -0.4 is 0 Å². The molecule has 41 heavy (non-hydrogen) atoms. The van der Waals surface area contributed by atoms with Crippen molar-refractivity contribution < 1.29 is 40.6 Å². The van der Waals surface area contributed by atoms with Crippen LogP contribution in [-0.4, -0.2) is 18.7 Å². The van der Waals surface area contributed by atoms with E-state index >= 15 is 0 Å². The van der Waals surface area contributed by atoms with E-state index in [4.69, 9.17) is 9.47 Å². The third-order valence-electron chi connectivity index (χ3n) is 6.23. The molecule has 0 aromatic heterocycles. The zero-order chi connectivity index (χ0) is 31.4. The Balaban J connectivity index is 2.85. The average Bonchev–Trinajstić information content (AvgIpc) is 2.95. The summed E-state index contributed by atoms with van der Waals surface area (Å²) in [7, 11) is 0. The lowest BCUT2D eigenvalue weighted by molar-refractivity contribution is 0.0308. The van der Waals surface area contributed by atoms with Crippen LogP contribution >= 0.6 is 0 Å². The summed E-state index contributed by atoms with van der Waals surface area (Å²) in [6.45, 7) is 19.6. The molecule has 9 heteroatoms. The predicted octanol–water partition coefficient (Wildman–Crippen LogP) is 9.96. The molecule has 0 saturated carbocycles. The van der Waals surface area contributed by atoms with E-state index in [0.717, 1.165) is 6.07 Å². The number of carbonyl (C=O) groups is 1. The minimum absolute atomic E-state index is 0.00524. The van der Waals surface area contributed by atoms with Gasteiger partial charge in [-0.15, -0.1) is 0 Å². The van der Waals surface area contributed by atoms with E-state index in [9.17, 15) is 31.1 Å². The fourth-order valence-electron chi connectivity index (χ4n) is 3.56. The largest absolute Gasteiger partial charge is 0.491 e. The second kappa shape index (κ2) is 16.5. The summed E-state index contributed by atoms with van der Waals surface area (Å²) in [5.41, 5.74) is -2.41. The van der Waals surface area contributed by atoms with Gasteiger partial charge in [-0.3, -0.25) is 0 Å². The summed E-state index contributed by atoms with van der Waals surface area (Å²) >= 11 is 0. The number of halogens is 6. The molecule has 1 aromatic carbocycles. The Bertz CT molecular complexity index is 1270. The third kappa shape index (κ3) is 9.69. The number of ether oxygens (including phenoxy) is 2. The average molecular weight is 583 g/mol. The monoisotopic (exact) mass is 582 g/mol. The molecule has 3 nitrogen and oxygen atoms in total. The zero-order valence-electron chi connectivity index (χ0n) is 23.8. The molecule has 0 saturated heterocycles. The van der Waals surface area contributed by atoms with E-state index in [1.807, 2.05) is 6.92 Å². The van der Waals surface area contributed by atoms with Gasteiger partial charge in [0.15, 0.2) is 34.9 Å². The van der Waals surface area contributed by atoms with Crippen molar-refractivity contribution in [1.29, 1.82) is 0 Å². The maximum absolute atomic E-state index is 14.8. The van der Waals surface area contributed by atoms with Crippen LogP contribution in [0.3, 0.4) is 0 Å². The maximum Gasteiger partial charge on any atom is 0.341 e. The summed E-state index contributed by atoms with van der Waals surface area (Å²) in [5.74, 6) is -11.0. The lowest BCUT2D eigenvalue weighted by Gasteiger charge is -2.18. The number of aryl methyl sites for hydroxylation is 1. The van der Waals surface area contributed by atoms with Gasteiger partial charge >= 0.3 is 5.97 Å². The molecule has 1 rings (SSSR count). The highest BCUT2D eigenvalue weighted by atomic mass is 19.2. The van der Waals surface area contributed by atoms with Crippen molar-refractivity contribution in [2.45, 2.75) is 59.5 Å². The summed E-state index contributed by atoms with van der Waals surface area (Å²) in [4.78, 5) is 12.4. The van der Waals surface area contributed by atoms with Gasteiger partial charge in [0.25, 0.3) is 0 Å². The third-order valence-corrected chi connectivity index (χ3v) is 6.23. The van der Waals surface area contributed by atoms with Gasteiger partial charge in [-0.1, -0.05) is 51.5 Å². The second-order valence-electron chi connectivity index (χ2n) is 9.30. The first-order valence-electron chi connectivity index (χ1n) is 13.0. The van der Waals surface area contributed by atoms with E-state index in [1.54, 1.807) is 12.2 Å². The standard InChI is InChI=1S/C32H36F6O3/c1-9-11-12-13-24-16-17-25(31(38)30(24)37)32(39)41-19(4)15-14-18(3)20(5)26(33)27(34)21(6)22(7)28(35)29(36)23(8)40-10-2/h9,11,16-19H,5-8,10,12-15H2,1-4H3/b11-9+,27-26-,29-28-. The maximum atomic E-state index is 14.8. The normalized spacial score (nSPS) is 14.1. The summed E-state index contributed by atoms with van der Waals surface area (Å²) in [6, 6.07) is 2.48. The van der Waals surface area contributed by atoms with Crippen LogP contribution in [0.5, 0.6) is 0 Å². The number of esters is 1. The summed E-state index contributed by atoms with van der Waals surface area (Å²) in [5, 5.41) is 0. The van der Waals surface area contributed by atoms with Gasteiger partial charge in [0.05, 0.1) is 18.3 Å². The van der Waals surface area contributed by atoms with Crippen LogP contribution in [0, 0.1) is 17.6 Å². The highest BCUT2D eigenvalue weighted by Crippen LogP contribution is 2.35. The number of rotatable bonds is 16. The Hall–Kier alpha value is -3.75. The van der Waals surface area contributed by atoms with Gasteiger partial charge in [0.1, 0.15) is 0 Å². The van der Waals surface area contributed by atoms with Crippen molar-refractivity contribution in [1.82, 2.24) is 0 Å². The molecule has 0 heterocycles. The Morgan fingerprint density at radius 1 is 0.902 bits per heavy atom. The molecule has 0 aliphatic heterocycles. The minimum Gasteiger partial charge on any atom is -0.491 e. The van der Waals surface area contributed by atoms with Crippen molar-refractivity contribution in [2.24, 2.45) is 5.92 Å². The molecule has 0 aliphatic rings. The number of hydrogen-bond acceptors (Lipinski definition) is 3. The van der Waals surface area contributed by atoms with E-state index in [-0.39, 0.29) is 37.0 Å². The quantitative estimate of drug-likeness (QED) is 0.0640. The van der Waals surface area contributed by atoms with Crippen molar-refractivity contribution in [3.8, 4) is 0 Å². The summed E-state index contributed by atoms with van der Waals surface area (Å²) in [6.07, 6.45) is 3.87. The number of hydrogen-bond donors (Lipinski definition) is 0. The molecule has 0 bridgehead atoms. The van der Waals surface area contributed by atoms with Crippen LogP contribution in [0.15, 0.2) is 96.4 Å². The van der Waals surface area contributed by atoms with E-state index < -0.39 is 75.4 Å². The molecule has 0 N–H and O–H groups in total. The smallest absolute Gasteiger partial charge is 0.341 e. The van der Waals surface area contributed by atoms with Gasteiger partial charge in [-0.2, -0.15) is 4.39 Å². The SMILES string of the molecule is C=C(OCC)/C(F)=C(/F)C(=C)C(=C)/C(F)=C(/F)C(=C)C(C)CCC(C)OC(=O)c1ccc(CC/C=C/C)c(F)c1F. The van der Waals surface area contributed by atoms with Crippen LogP contribution in [-0.2, 0) is 15.9 Å². The highest BCUT2D eigenvalue weighted by molar-refractivity contribution is 5.90. The molecule has 0 fully saturated rings. The van der Waals surface area contributed by atoms with E-state index in [0.29, 0.717) is 6.42 Å². The molecule has 224 valence electrons. The molecular formula is C32H36F6O3. The molecule has 2 atom stereocenters. The van der Waals surface area contributed by atoms with Crippen molar-refractivity contribution >= 4 is 5.97 Å². The number of allylic oxidation sites excluding steroid dienone is 9. The van der Waals surface area contributed by atoms with Crippen molar-refractivity contribution in [3.63, 3.8) is 0 Å². The lowest BCUT2D eigenvalue weighted by atomic mass is 9.93. The zero-order valence-corrected chi connectivity index (χ0v) is 23.8. The van der Waals surface area contributed by atoms with Crippen LogP contribution in [0.4, 0.5) is 26.3 Å². The molecule has 0 radical (unpaired) electrons. The molecule has 0 spiro atoms. The Labute approximate surface area is 237 Å². The van der Waals surface area contributed by atoms with Crippen LogP contribution in [0.2, 0.25) is 0 Å². The van der Waals surface area contributed by atoms with E-state index in [1.165, 1.54) is 26.8 Å². The highest BCUT2D eigenvalue weighted by Gasteiger charge is 2.25. The molecule has 2 unspecified atom stereocenters. The Kier molecular flexibility index (Phi) is 14.2. The second-order valence-corrected chi connectivity index (χ2v) is 9.30. The van der Waals surface area contributed by atoms with Gasteiger partial charge in [-0.05, 0) is 69.6 Å². The summed E-state index contributed by atoms with van der Waals surface area (Å²) < 4.78 is 96.8. The lowest BCUT2D eigenvalue weighted by Crippen LogP contribution is -2.18.